The summed E-state index contributed by atoms with van der Waals surface area (Å²) in [6.07, 6.45) is 0. The summed E-state index contributed by atoms with van der Waals surface area (Å²) in [7, 11) is 0. The fourth-order valence-electron chi connectivity index (χ4n) is 2.08. The number of nitrogens with zero attached hydrogens (tertiary/aromatic N) is 1. The predicted molar refractivity (Wildman–Crippen MR) is 83.4 cm³/mol. The Kier molecular flexibility index (Phi) is 4.39. The van der Waals surface area contributed by atoms with Gasteiger partial charge in [-0.1, -0.05) is 26.0 Å². The molecular formula is C15H18N2O2S. The number of anilines is 1. The highest BCUT2D eigenvalue weighted by Crippen LogP contribution is 2.32. The number of nitrogens with one attached hydrogen (secondary N) is 1. The van der Waals surface area contributed by atoms with Crippen LogP contribution in [-0.2, 0) is 0 Å². The molecule has 2 rings (SSSR count). The smallest absolute Gasteiger partial charge is 0.271 e. The van der Waals surface area contributed by atoms with Crippen LogP contribution in [0.1, 0.15) is 30.3 Å². The maximum Gasteiger partial charge on any atom is 0.271 e. The van der Waals surface area contributed by atoms with Gasteiger partial charge in [-0.3, -0.25) is 10.1 Å². The van der Waals surface area contributed by atoms with Gasteiger partial charge in [0.1, 0.15) is 0 Å². The van der Waals surface area contributed by atoms with E-state index in [1.54, 1.807) is 23.5 Å². The van der Waals surface area contributed by atoms with Gasteiger partial charge in [-0.05, 0) is 29.9 Å². The summed E-state index contributed by atoms with van der Waals surface area (Å²) in [5, 5.41) is 16.4. The minimum absolute atomic E-state index is 0.117. The van der Waals surface area contributed by atoms with Crippen LogP contribution in [-0.4, -0.2) is 4.92 Å². The van der Waals surface area contributed by atoms with Gasteiger partial charge in [-0.25, -0.2) is 0 Å². The molecule has 20 heavy (non-hydrogen) atoms. The molecule has 0 fully saturated rings. The summed E-state index contributed by atoms with van der Waals surface area (Å²) >= 11 is 1.70. The molecule has 106 valence electrons. The molecule has 1 N–H and O–H groups in total. The first kappa shape index (κ1) is 14.5. The second-order valence-electron chi connectivity index (χ2n) is 5.14. The Morgan fingerprint density at radius 1 is 1.30 bits per heavy atom. The first-order valence-electron chi connectivity index (χ1n) is 6.54. The number of hydrogen-bond donors (Lipinski definition) is 1. The molecule has 0 bridgehead atoms. The van der Waals surface area contributed by atoms with Crippen molar-refractivity contribution in [1.29, 1.82) is 0 Å². The van der Waals surface area contributed by atoms with E-state index in [-0.39, 0.29) is 16.7 Å². The van der Waals surface area contributed by atoms with Crippen molar-refractivity contribution in [1.82, 2.24) is 0 Å². The third-order valence-electron chi connectivity index (χ3n) is 3.26. The molecule has 0 saturated carbocycles. The van der Waals surface area contributed by atoms with E-state index >= 15 is 0 Å². The average molecular weight is 290 g/mol. The molecule has 0 radical (unpaired) electrons. The van der Waals surface area contributed by atoms with E-state index in [1.807, 2.05) is 18.4 Å². The Morgan fingerprint density at radius 2 is 2.05 bits per heavy atom. The van der Waals surface area contributed by atoms with Gasteiger partial charge in [0.05, 0.1) is 11.0 Å². The molecule has 1 aromatic carbocycles. The zero-order valence-electron chi connectivity index (χ0n) is 11.8. The highest BCUT2D eigenvalue weighted by atomic mass is 32.1. The molecule has 0 spiro atoms. The zero-order valence-corrected chi connectivity index (χ0v) is 12.6. The SMILES string of the molecule is Cc1ccc([N+](=O)[O-])cc1NC(c1cccs1)C(C)C. The van der Waals surface area contributed by atoms with Crippen molar-refractivity contribution in [2.45, 2.75) is 26.8 Å². The van der Waals surface area contributed by atoms with E-state index in [4.69, 9.17) is 0 Å². The first-order chi connectivity index (χ1) is 9.49. The minimum atomic E-state index is -0.361. The van der Waals surface area contributed by atoms with Gasteiger partial charge in [0.2, 0.25) is 0 Å². The van der Waals surface area contributed by atoms with Crippen molar-refractivity contribution in [3.63, 3.8) is 0 Å². The van der Waals surface area contributed by atoms with E-state index in [0.29, 0.717) is 5.92 Å². The number of hydrogen-bond acceptors (Lipinski definition) is 4. The molecule has 0 saturated heterocycles. The van der Waals surface area contributed by atoms with Crippen molar-refractivity contribution in [3.8, 4) is 0 Å². The predicted octanol–water partition coefficient (Wildman–Crippen LogP) is 4.77. The second kappa shape index (κ2) is 6.05. The number of rotatable bonds is 5. The molecule has 4 nitrogen and oxygen atoms in total. The lowest BCUT2D eigenvalue weighted by molar-refractivity contribution is -0.384. The third-order valence-corrected chi connectivity index (χ3v) is 4.21. The molecule has 1 aromatic heterocycles. The number of thiophene rings is 1. The van der Waals surface area contributed by atoms with Crippen LogP contribution in [0, 0.1) is 23.0 Å². The molecule has 1 heterocycles. The van der Waals surface area contributed by atoms with Gasteiger partial charge < -0.3 is 5.32 Å². The fourth-order valence-corrected chi connectivity index (χ4v) is 3.03. The van der Waals surface area contributed by atoms with Crippen LogP contribution in [0.3, 0.4) is 0 Å². The quantitative estimate of drug-likeness (QED) is 0.637. The lowest BCUT2D eigenvalue weighted by atomic mass is 10.0. The maximum absolute atomic E-state index is 10.9. The summed E-state index contributed by atoms with van der Waals surface area (Å²) in [5.41, 5.74) is 1.95. The highest BCUT2D eigenvalue weighted by molar-refractivity contribution is 7.10. The summed E-state index contributed by atoms with van der Waals surface area (Å²) < 4.78 is 0. The zero-order chi connectivity index (χ0) is 14.7. The van der Waals surface area contributed by atoms with E-state index in [2.05, 4.69) is 25.2 Å². The Labute approximate surface area is 122 Å². The minimum Gasteiger partial charge on any atom is -0.377 e. The summed E-state index contributed by atoms with van der Waals surface area (Å²) in [4.78, 5) is 11.8. The summed E-state index contributed by atoms with van der Waals surface area (Å²) in [6, 6.07) is 9.21. The molecule has 0 aliphatic carbocycles. The number of nitro benzene ring substituents is 1. The Balaban J connectivity index is 2.31. The highest BCUT2D eigenvalue weighted by Gasteiger charge is 2.18. The fraction of sp³-hybridized carbons (Fsp3) is 0.333. The molecule has 0 aliphatic heterocycles. The van der Waals surface area contributed by atoms with Crippen LogP contribution in [0.15, 0.2) is 35.7 Å². The lowest BCUT2D eigenvalue weighted by Gasteiger charge is -2.23. The van der Waals surface area contributed by atoms with Crippen LogP contribution in [0.4, 0.5) is 11.4 Å². The van der Waals surface area contributed by atoms with Gasteiger partial charge in [-0.15, -0.1) is 11.3 Å². The van der Waals surface area contributed by atoms with Crippen molar-refractivity contribution in [3.05, 3.63) is 56.3 Å². The molecular weight excluding hydrogens is 272 g/mol. The second-order valence-corrected chi connectivity index (χ2v) is 6.12. The van der Waals surface area contributed by atoms with Gasteiger partial charge in [0, 0.05) is 22.7 Å². The van der Waals surface area contributed by atoms with Gasteiger partial charge in [-0.2, -0.15) is 0 Å². The topological polar surface area (TPSA) is 55.2 Å². The number of benzene rings is 1. The largest absolute Gasteiger partial charge is 0.377 e. The van der Waals surface area contributed by atoms with E-state index in [0.717, 1.165) is 11.3 Å². The van der Waals surface area contributed by atoms with E-state index < -0.39 is 0 Å². The average Bonchev–Trinajstić information content (AvgIpc) is 2.90. The molecule has 0 aliphatic rings. The lowest BCUT2D eigenvalue weighted by Crippen LogP contribution is -2.16. The molecule has 0 amide bonds. The first-order valence-corrected chi connectivity index (χ1v) is 7.42. The molecule has 2 aromatic rings. The normalized spacial score (nSPS) is 12.4. The van der Waals surface area contributed by atoms with Crippen molar-refractivity contribution in [2.24, 2.45) is 5.92 Å². The van der Waals surface area contributed by atoms with E-state index in [9.17, 15) is 10.1 Å². The third kappa shape index (κ3) is 3.17. The van der Waals surface area contributed by atoms with Crippen LogP contribution < -0.4 is 5.32 Å². The van der Waals surface area contributed by atoms with Crippen LogP contribution in [0.2, 0.25) is 0 Å². The number of aryl methyl sites for hydroxylation is 1. The Hall–Kier alpha value is -1.88. The Morgan fingerprint density at radius 3 is 2.60 bits per heavy atom. The van der Waals surface area contributed by atoms with E-state index in [1.165, 1.54) is 10.9 Å². The van der Waals surface area contributed by atoms with Gasteiger partial charge in [0.25, 0.3) is 5.69 Å². The molecule has 1 atom stereocenters. The van der Waals surface area contributed by atoms with Gasteiger partial charge in [0.15, 0.2) is 0 Å². The van der Waals surface area contributed by atoms with Crippen LogP contribution in [0.25, 0.3) is 0 Å². The van der Waals surface area contributed by atoms with Gasteiger partial charge >= 0.3 is 0 Å². The maximum atomic E-state index is 10.9. The van der Waals surface area contributed by atoms with Crippen molar-refractivity contribution >= 4 is 22.7 Å². The summed E-state index contributed by atoms with van der Waals surface area (Å²) in [6.45, 7) is 6.24. The van der Waals surface area contributed by atoms with Crippen LogP contribution >= 0.6 is 11.3 Å². The van der Waals surface area contributed by atoms with Crippen molar-refractivity contribution in [2.75, 3.05) is 5.32 Å². The standard InChI is InChI=1S/C15H18N2O2S/c1-10(2)15(14-5-4-8-20-14)16-13-9-12(17(18)19)7-6-11(13)3/h4-10,15-16H,1-3H3. The Bertz CT molecular complexity index is 594. The number of nitro groups is 1. The monoisotopic (exact) mass is 290 g/mol. The number of non-ortho nitro benzene ring substituents is 1. The molecule has 1 unspecified atom stereocenters. The molecule has 5 heteroatoms. The summed E-state index contributed by atoms with van der Waals surface area (Å²) in [5.74, 6) is 0.396. The van der Waals surface area contributed by atoms with Crippen molar-refractivity contribution < 1.29 is 4.92 Å². The van der Waals surface area contributed by atoms with Crippen LogP contribution in [0.5, 0.6) is 0 Å².